The Balaban J connectivity index is 2.63. The molecule has 0 radical (unpaired) electrons. The fourth-order valence-electron chi connectivity index (χ4n) is 1.64. The molecule has 0 atom stereocenters. The van der Waals surface area contributed by atoms with Crippen molar-refractivity contribution in [2.45, 2.75) is 27.2 Å². The third-order valence-corrected chi connectivity index (χ3v) is 3.95. The van der Waals surface area contributed by atoms with Gasteiger partial charge >= 0.3 is 0 Å². The lowest BCUT2D eigenvalue weighted by Crippen LogP contribution is -2.28. The monoisotopic (exact) mass is 290 g/mol. The van der Waals surface area contributed by atoms with Crippen LogP contribution in [0, 0.1) is 5.41 Å². The molecule has 0 N–H and O–H groups in total. The summed E-state index contributed by atoms with van der Waals surface area (Å²) >= 11 is 0. The number of halogens is 1. The summed E-state index contributed by atoms with van der Waals surface area (Å²) in [7, 11) is 1.76. The number of rotatable bonds is 6. The van der Waals surface area contributed by atoms with Crippen LogP contribution in [0.4, 0.5) is 0 Å². The van der Waals surface area contributed by atoms with Crippen molar-refractivity contribution in [3.8, 4) is 5.75 Å². The third-order valence-electron chi connectivity index (χ3n) is 2.50. The van der Waals surface area contributed by atoms with Gasteiger partial charge in [0.25, 0.3) is 0 Å². The highest BCUT2D eigenvalue weighted by Crippen LogP contribution is 2.22. The first kappa shape index (κ1) is 15.3. The Morgan fingerprint density at radius 3 is 2.56 bits per heavy atom. The first-order valence-corrected chi connectivity index (χ1v) is 8.34. The Kier molecular flexibility index (Phi) is 5.05. The molecule has 1 aromatic carbocycles. The van der Waals surface area contributed by atoms with E-state index in [0.29, 0.717) is 6.61 Å². The normalized spacial score (nSPS) is 12.4. The van der Waals surface area contributed by atoms with Crippen LogP contribution in [0.15, 0.2) is 24.3 Å². The maximum absolute atomic E-state index is 11.1. The van der Waals surface area contributed by atoms with Gasteiger partial charge in [-0.1, -0.05) is 32.9 Å². The van der Waals surface area contributed by atoms with Gasteiger partial charge in [0.2, 0.25) is 9.05 Å². The minimum absolute atomic E-state index is 0.102. The first-order valence-electron chi connectivity index (χ1n) is 5.86. The minimum Gasteiger partial charge on any atom is -0.493 e. The molecule has 18 heavy (non-hydrogen) atoms. The van der Waals surface area contributed by atoms with Crippen molar-refractivity contribution in [2.24, 2.45) is 5.41 Å². The van der Waals surface area contributed by atoms with Gasteiger partial charge in [-0.3, -0.25) is 0 Å². The van der Waals surface area contributed by atoms with E-state index in [1.807, 2.05) is 38.1 Å². The molecule has 0 spiro atoms. The fraction of sp³-hybridized carbons (Fsp3) is 0.538. The lowest BCUT2D eigenvalue weighted by Gasteiger charge is -2.23. The summed E-state index contributed by atoms with van der Waals surface area (Å²) in [5, 5.41) is 0. The molecule has 5 heteroatoms. The average molecular weight is 291 g/mol. The van der Waals surface area contributed by atoms with Crippen LogP contribution in [0.3, 0.4) is 0 Å². The Morgan fingerprint density at radius 1 is 1.33 bits per heavy atom. The van der Waals surface area contributed by atoms with Gasteiger partial charge in [-0.2, -0.15) is 0 Å². The Bertz CT molecular complexity index is 495. The SMILES string of the molecule is CCc1cccc(OCC(C)(C)CS(=O)(=O)Cl)c1. The molecular weight excluding hydrogens is 272 g/mol. The van der Waals surface area contributed by atoms with Crippen LogP contribution in [0.5, 0.6) is 5.75 Å². The van der Waals surface area contributed by atoms with E-state index in [2.05, 4.69) is 6.92 Å². The summed E-state index contributed by atoms with van der Waals surface area (Å²) in [4.78, 5) is 0. The predicted molar refractivity (Wildman–Crippen MR) is 74.7 cm³/mol. The van der Waals surface area contributed by atoms with Crippen molar-refractivity contribution in [3.05, 3.63) is 29.8 Å². The first-order chi connectivity index (χ1) is 8.22. The molecule has 0 amide bonds. The minimum atomic E-state index is -3.51. The average Bonchev–Trinajstić information content (AvgIpc) is 2.24. The maximum atomic E-state index is 11.1. The Hall–Kier alpha value is -0.740. The largest absolute Gasteiger partial charge is 0.493 e. The van der Waals surface area contributed by atoms with Crippen LogP contribution in [0.1, 0.15) is 26.3 Å². The van der Waals surface area contributed by atoms with E-state index in [1.54, 1.807) is 0 Å². The summed E-state index contributed by atoms with van der Waals surface area (Å²) < 4.78 is 27.8. The molecule has 0 aliphatic carbocycles. The number of hydrogen-bond donors (Lipinski definition) is 0. The topological polar surface area (TPSA) is 43.4 Å². The highest BCUT2D eigenvalue weighted by molar-refractivity contribution is 8.13. The van der Waals surface area contributed by atoms with E-state index in [9.17, 15) is 8.42 Å². The molecule has 3 nitrogen and oxygen atoms in total. The molecule has 0 unspecified atom stereocenters. The highest BCUT2D eigenvalue weighted by atomic mass is 35.7. The summed E-state index contributed by atoms with van der Waals surface area (Å²) in [5.74, 6) is 0.657. The summed E-state index contributed by atoms with van der Waals surface area (Å²) in [6.45, 7) is 6.02. The second kappa shape index (κ2) is 5.93. The Morgan fingerprint density at radius 2 is 2.00 bits per heavy atom. The molecule has 0 bridgehead atoms. The molecule has 0 aromatic heterocycles. The second-order valence-corrected chi connectivity index (χ2v) is 7.91. The molecule has 0 saturated carbocycles. The van der Waals surface area contributed by atoms with E-state index in [4.69, 9.17) is 15.4 Å². The van der Waals surface area contributed by atoms with E-state index in [0.717, 1.165) is 12.2 Å². The Labute approximate surface area is 114 Å². The van der Waals surface area contributed by atoms with E-state index in [1.165, 1.54) is 5.56 Å². The van der Waals surface area contributed by atoms with Crippen LogP contribution in [0.25, 0.3) is 0 Å². The van der Waals surface area contributed by atoms with Crippen molar-refractivity contribution in [2.75, 3.05) is 12.4 Å². The van der Waals surface area contributed by atoms with Gasteiger partial charge in [0.05, 0.1) is 12.4 Å². The van der Waals surface area contributed by atoms with Crippen molar-refractivity contribution < 1.29 is 13.2 Å². The maximum Gasteiger partial charge on any atom is 0.233 e. The fourth-order valence-corrected chi connectivity index (χ4v) is 3.55. The van der Waals surface area contributed by atoms with Crippen LogP contribution in [0.2, 0.25) is 0 Å². The van der Waals surface area contributed by atoms with Gasteiger partial charge in [-0.05, 0) is 24.1 Å². The quantitative estimate of drug-likeness (QED) is 0.756. The summed E-state index contributed by atoms with van der Waals surface area (Å²) in [6, 6.07) is 7.79. The smallest absolute Gasteiger partial charge is 0.233 e. The van der Waals surface area contributed by atoms with Crippen molar-refractivity contribution >= 4 is 19.7 Å². The van der Waals surface area contributed by atoms with Crippen LogP contribution >= 0.6 is 10.7 Å². The molecule has 102 valence electrons. The molecule has 0 fully saturated rings. The molecular formula is C13H19ClO3S. The summed E-state index contributed by atoms with van der Waals surface area (Å²) in [5.41, 5.74) is 0.679. The van der Waals surface area contributed by atoms with E-state index in [-0.39, 0.29) is 5.75 Å². The molecule has 0 heterocycles. The van der Waals surface area contributed by atoms with Crippen LogP contribution < -0.4 is 4.74 Å². The van der Waals surface area contributed by atoms with Gasteiger partial charge in [0.15, 0.2) is 0 Å². The second-order valence-electron chi connectivity index (χ2n) is 5.14. The zero-order valence-electron chi connectivity index (χ0n) is 10.9. The van der Waals surface area contributed by atoms with Crippen molar-refractivity contribution in [1.82, 2.24) is 0 Å². The molecule has 1 rings (SSSR count). The zero-order chi connectivity index (χ0) is 13.8. The van der Waals surface area contributed by atoms with Gasteiger partial charge in [0, 0.05) is 16.1 Å². The molecule has 0 aliphatic rings. The van der Waals surface area contributed by atoms with Crippen molar-refractivity contribution in [1.29, 1.82) is 0 Å². The highest BCUT2D eigenvalue weighted by Gasteiger charge is 2.25. The lowest BCUT2D eigenvalue weighted by molar-refractivity contribution is 0.200. The predicted octanol–water partition coefficient (Wildman–Crippen LogP) is 3.22. The van der Waals surface area contributed by atoms with Gasteiger partial charge in [0.1, 0.15) is 5.75 Å². The lowest BCUT2D eigenvalue weighted by atomic mass is 9.98. The zero-order valence-corrected chi connectivity index (χ0v) is 12.5. The van der Waals surface area contributed by atoms with Crippen molar-refractivity contribution in [3.63, 3.8) is 0 Å². The standard InChI is InChI=1S/C13H19ClO3S/c1-4-11-6-5-7-12(8-11)17-9-13(2,3)10-18(14,15)16/h5-8H,4,9-10H2,1-3H3. The summed E-state index contributed by atoms with van der Waals surface area (Å²) in [6.07, 6.45) is 0.941. The molecule has 1 aromatic rings. The van der Waals surface area contributed by atoms with Gasteiger partial charge in [-0.25, -0.2) is 8.42 Å². The molecule has 0 aliphatic heterocycles. The number of aryl methyl sites for hydroxylation is 1. The molecule has 0 saturated heterocycles. The van der Waals surface area contributed by atoms with Crippen LogP contribution in [-0.2, 0) is 15.5 Å². The van der Waals surface area contributed by atoms with E-state index < -0.39 is 14.5 Å². The van der Waals surface area contributed by atoms with Gasteiger partial charge < -0.3 is 4.74 Å². The van der Waals surface area contributed by atoms with E-state index >= 15 is 0 Å². The number of ether oxygens (including phenoxy) is 1. The number of hydrogen-bond acceptors (Lipinski definition) is 3. The number of benzene rings is 1. The van der Waals surface area contributed by atoms with Crippen LogP contribution in [-0.4, -0.2) is 20.8 Å². The third kappa shape index (κ3) is 5.74. The van der Waals surface area contributed by atoms with Gasteiger partial charge in [-0.15, -0.1) is 0 Å².